The number of hydrogen-bond acceptors (Lipinski definition) is 10. The first-order valence-corrected chi connectivity index (χ1v) is 22.5. The molecule has 0 aliphatic heterocycles. The zero-order chi connectivity index (χ0) is 40.8. The van der Waals surface area contributed by atoms with Gasteiger partial charge in [-0.15, -0.1) is 0 Å². The van der Waals surface area contributed by atoms with Crippen LogP contribution in [0.3, 0.4) is 0 Å². The SMILES string of the molecule is CCC(C)CCCCCCCCCCCCC(=O)O[C@H](COC(=O)CCC/C=C\C/C=C\C/C=C\C/C=C\CCC[C@@H](C)O)COP(=O)(O)OC[C@@H](O)CO. The molecule has 320 valence electrons. The Kier molecular flexibility index (Phi) is 36.0. The standard InChI is InChI=1S/C43H77O11P/c1-4-38(2)30-26-22-18-14-12-13-17-21-25-29-33-43(48)54-41(37-53-55(49,50)52-35-40(46)34-44)36-51-42(47)32-28-24-20-16-11-9-7-5-6-8-10-15-19-23-27-31-39(3)45/h6-9,15-16,19-20,38-41,44-46H,4-5,10-14,17-18,21-37H2,1-3H3,(H,49,50)/b8-6-,9-7-,19-15-,20-16-/t38?,39-,40+,41-/m1/s1. The van der Waals surface area contributed by atoms with E-state index in [-0.39, 0.29) is 25.6 Å². The Morgan fingerprint density at radius 2 is 1.11 bits per heavy atom. The highest BCUT2D eigenvalue weighted by molar-refractivity contribution is 7.47. The van der Waals surface area contributed by atoms with Gasteiger partial charge >= 0.3 is 19.8 Å². The van der Waals surface area contributed by atoms with Gasteiger partial charge in [-0.3, -0.25) is 18.6 Å². The van der Waals surface area contributed by atoms with Crippen LogP contribution in [0.1, 0.15) is 162 Å². The Hall–Kier alpha value is -2.11. The number of phosphoric ester groups is 1. The van der Waals surface area contributed by atoms with Crippen LogP contribution in [0.4, 0.5) is 0 Å². The minimum atomic E-state index is -4.63. The molecule has 11 nitrogen and oxygen atoms in total. The smallest absolute Gasteiger partial charge is 0.462 e. The lowest BCUT2D eigenvalue weighted by molar-refractivity contribution is -0.161. The predicted octanol–water partition coefficient (Wildman–Crippen LogP) is 9.77. The molecule has 0 aromatic rings. The number of carbonyl (C=O) groups excluding carboxylic acids is 2. The molecular weight excluding hydrogens is 723 g/mol. The molecule has 0 radical (unpaired) electrons. The van der Waals surface area contributed by atoms with Gasteiger partial charge in [0, 0.05) is 12.8 Å². The number of ether oxygens (including phenoxy) is 2. The van der Waals surface area contributed by atoms with Crippen LogP contribution >= 0.6 is 7.82 Å². The van der Waals surface area contributed by atoms with Crippen molar-refractivity contribution in [3.63, 3.8) is 0 Å². The average Bonchev–Trinajstić information content (AvgIpc) is 3.16. The van der Waals surface area contributed by atoms with Crippen molar-refractivity contribution in [2.24, 2.45) is 5.92 Å². The molecule has 12 heteroatoms. The summed E-state index contributed by atoms with van der Waals surface area (Å²) in [5.41, 5.74) is 0. The number of rotatable bonds is 38. The van der Waals surface area contributed by atoms with Gasteiger partial charge in [0.1, 0.15) is 12.7 Å². The molecule has 0 aliphatic rings. The zero-order valence-electron chi connectivity index (χ0n) is 34.4. The van der Waals surface area contributed by atoms with Gasteiger partial charge in [-0.05, 0) is 70.6 Å². The van der Waals surface area contributed by atoms with Crippen LogP contribution in [0.5, 0.6) is 0 Å². The maximum Gasteiger partial charge on any atom is 0.472 e. The molecule has 5 atom stereocenters. The molecule has 4 N–H and O–H groups in total. The third-order valence-corrected chi connectivity index (χ3v) is 10.00. The quantitative estimate of drug-likeness (QED) is 0.0203. The molecule has 55 heavy (non-hydrogen) atoms. The highest BCUT2D eigenvalue weighted by Gasteiger charge is 2.27. The number of carbonyl (C=O) groups is 2. The molecule has 0 rings (SSSR count). The highest BCUT2D eigenvalue weighted by atomic mass is 31.2. The van der Waals surface area contributed by atoms with Crippen molar-refractivity contribution in [1.29, 1.82) is 0 Å². The van der Waals surface area contributed by atoms with Crippen molar-refractivity contribution in [2.75, 3.05) is 26.4 Å². The van der Waals surface area contributed by atoms with Gasteiger partial charge in [0.2, 0.25) is 0 Å². The summed E-state index contributed by atoms with van der Waals surface area (Å²) < 4.78 is 32.6. The molecule has 0 bridgehead atoms. The number of unbranched alkanes of at least 4 members (excludes halogenated alkanes) is 11. The van der Waals surface area contributed by atoms with E-state index in [0.717, 1.165) is 63.7 Å². The Morgan fingerprint density at radius 1 is 0.618 bits per heavy atom. The van der Waals surface area contributed by atoms with Gasteiger partial charge in [-0.25, -0.2) is 4.57 Å². The summed E-state index contributed by atoms with van der Waals surface area (Å²) >= 11 is 0. The molecule has 2 unspecified atom stereocenters. The van der Waals surface area contributed by atoms with E-state index in [4.69, 9.17) is 19.1 Å². The summed E-state index contributed by atoms with van der Waals surface area (Å²) in [6, 6.07) is 0. The molecule has 0 saturated carbocycles. The summed E-state index contributed by atoms with van der Waals surface area (Å²) in [4.78, 5) is 34.9. The van der Waals surface area contributed by atoms with E-state index in [9.17, 15) is 29.3 Å². The maximum atomic E-state index is 12.6. The van der Waals surface area contributed by atoms with Gasteiger partial charge in [-0.2, -0.15) is 0 Å². The zero-order valence-corrected chi connectivity index (χ0v) is 35.3. The monoisotopic (exact) mass is 801 g/mol. The summed E-state index contributed by atoms with van der Waals surface area (Å²) in [6.07, 6.45) is 35.0. The van der Waals surface area contributed by atoms with Crippen molar-refractivity contribution in [2.45, 2.75) is 180 Å². The van der Waals surface area contributed by atoms with Gasteiger partial charge < -0.3 is 29.7 Å². The normalized spacial score (nSPS) is 15.5. The fourth-order valence-electron chi connectivity index (χ4n) is 5.39. The van der Waals surface area contributed by atoms with Crippen LogP contribution in [-0.2, 0) is 32.7 Å². The Bertz CT molecular complexity index is 1090. The van der Waals surface area contributed by atoms with E-state index in [0.29, 0.717) is 19.3 Å². The number of aliphatic hydroxyl groups excluding tert-OH is 3. The van der Waals surface area contributed by atoms with E-state index in [2.05, 4.69) is 54.8 Å². The lowest BCUT2D eigenvalue weighted by Gasteiger charge is -2.20. The molecule has 0 heterocycles. The van der Waals surface area contributed by atoms with E-state index in [1.54, 1.807) is 0 Å². The maximum absolute atomic E-state index is 12.6. The second-order valence-electron chi connectivity index (χ2n) is 14.5. The fourth-order valence-corrected chi connectivity index (χ4v) is 6.18. The van der Waals surface area contributed by atoms with Gasteiger partial charge in [-0.1, -0.05) is 133 Å². The molecule has 0 aromatic heterocycles. The minimum Gasteiger partial charge on any atom is -0.462 e. The average molecular weight is 801 g/mol. The largest absolute Gasteiger partial charge is 0.472 e. The van der Waals surface area contributed by atoms with Crippen molar-refractivity contribution in [3.05, 3.63) is 48.6 Å². The van der Waals surface area contributed by atoms with Gasteiger partial charge in [0.15, 0.2) is 6.10 Å². The fraction of sp³-hybridized carbons (Fsp3) is 0.767. The third-order valence-electron chi connectivity index (χ3n) is 9.05. The molecular formula is C43H77O11P. The summed E-state index contributed by atoms with van der Waals surface area (Å²) in [6.45, 7) is 4.18. The lowest BCUT2D eigenvalue weighted by atomic mass is 9.99. The topological polar surface area (TPSA) is 169 Å². The van der Waals surface area contributed by atoms with Crippen LogP contribution < -0.4 is 0 Å². The van der Waals surface area contributed by atoms with Crippen LogP contribution in [-0.4, -0.2) is 76.9 Å². The molecule has 0 amide bonds. The van der Waals surface area contributed by atoms with Gasteiger partial charge in [0.25, 0.3) is 0 Å². The second-order valence-corrected chi connectivity index (χ2v) is 16.0. The van der Waals surface area contributed by atoms with Gasteiger partial charge in [0.05, 0.1) is 25.9 Å². The van der Waals surface area contributed by atoms with E-state index in [1.807, 2.05) is 19.1 Å². The second kappa shape index (κ2) is 37.5. The van der Waals surface area contributed by atoms with E-state index >= 15 is 0 Å². The van der Waals surface area contributed by atoms with Crippen molar-refractivity contribution in [1.82, 2.24) is 0 Å². The first-order valence-electron chi connectivity index (χ1n) is 21.0. The molecule has 0 fully saturated rings. The number of hydrogen-bond donors (Lipinski definition) is 4. The number of allylic oxidation sites excluding steroid dienone is 8. The summed E-state index contributed by atoms with van der Waals surface area (Å²) in [5.74, 6) is -0.179. The van der Waals surface area contributed by atoms with Crippen molar-refractivity contribution >= 4 is 19.8 Å². The first-order chi connectivity index (χ1) is 26.5. The molecule has 0 aromatic carbocycles. The third kappa shape index (κ3) is 38.5. The van der Waals surface area contributed by atoms with E-state index in [1.165, 1.54) is 51.4 Å². The minimum absolute atomic E-state index is 0.153. The Balaban J connectivity index is 4.42. The van der Waals surface area contributed by atoms with Crippen LogP contribution in [0.25, 0.3) is 0 Å². The van der Waals surface area contributed by atoms with E-state index < -0.39 is 51.8 Å². The highest BCUT2D eigenvalue weighted by Crippen LogP contribution is 2.43. The summed E-state index contributed by atoms with van der Waals surface area (Å²) in [7, 11) is -4.63. The van der Waals surface area contributed by atoms with Crippen molar-refractivity contribution < 1.29 is 52.9 Å². The lowest BCUT2D eigenvalue weighted by Crippen LogP contribution is -2.29. The van der Waals surface area contributed by atoms with Crippen LogP contribution in [0.15, 0.2) is 48.6 Å². The first kappa shape index (κ1) is 52.9. The number of esters is 2. The van der Waals surface area contributed by atoms with Crippen LogP contribution in [0.2, 0.25) is 0 Å². The van der Waals surface area contributed by atoms with Crippen molar-refractivity contribution in [3.8, 4) is 0 Å². The molecule has 0 spiro atoms. The molecule has 0 saturated heterocycles. The Morgan fingerprint density at radius 3 is 1.65 bits per heavy atom. The number of phosphoric acid groups is 1. The summed E-state index contributed by atoms with van der Waals surface area (Å²) in [5, 5.41) is 27.6. The Labute approximate surface area is 333 Å². The molecule has 0 aliphatic carbocycles. The predicted molar refractivity (Wildman–Crippen MR) is 220 cm³/mol. The number of aliphatic hydroxyl groups is 3. The van der Waals surface area contributed by atoms with Crippen LogP contribution in [0, 0.1) is 5.92 Å².